The van der Waals surface area contributed by atoms with Crippen molar-refractivity contribution in [1.29, 1.82) is 0 Å². The van der Waals surface area contributed by atoms with Gasteiger partial charge in [0, 0.05) is 12.3 Å². The molecular formula is C37H48N6O8S. The van der Waals surface area contributed by atoms with Gasteiger partial charge in [0.15, 0.2) is 0 Å². The smallest absolute Gasteiger partial charge is 0.408 e. The first-order valence-electron chi connectivity index (χ1n) is 18.8. The number of alkyl carbamates (subject to hydrolysis) is 1. The van der Waals surface area contributed by atoms with Gasteiger partial charge in [0.2, 0.25) is 27.7 Å². The lowest BCUT2D eigenvalue weighted by Crippen LogP contribution is -2.58. The molecule has 3 heterocycles. The van der Waals surface area contributed by atoms with Crippen LogP contribution in [0.25, 0.3) is 11.0 Å². The minimum absolute atomic E-state index is 0.0169. The molecule has 0 bridgehead atoms. The van der Waals surface area contributed by atoms with Crippen LogP contribution in [0.2, 0.25) is 0 Å². The van der Waals surface area contributed by atoms with Gasteiger partial charge >= 0.3 is 6.09 Å². The molecule has 4 amide bonds. The second-order valence-corrected chi connectivity index (χ2v) is 16.8. The molecule has 3 aliphatic carbocycles. The Morgan fingerprint density at radius 1 is 0.981 bits per heavy atom. The second-order valence-electron chi connectivity index (χ2n) is 14.8. The first-order chi connectivity index (χ1) is 25.1. The number of hydrogen-bond acceptors (Lipinski definition) is 10. The summed E-state index contributed by atoms with van der Waals surface area (Å²) in [4.78, 5) is 66.4. The lowest BCUT2D eigenvalue weighted by molar-refractivity contribution is -0.141. The van der Waals surface area contributed by atoms with Crippen LogP contribution in [-0.2, 0) is 35.6 Å². The van der Waals surface area contributed by atoms with E-state index in [4.69, 9.17) is 19.4 Å². The zero-order chi connectivity index (χ0) is 36.5. The Morgan fingerprint density at radius 3 is 2.44 bits per heavy atom. The fraction of sp³-hybridized carbons (Fsp3) is 0.622. The third kappa shape index (κ3) is 7.88. The summed E-state index contributed by atoms with van der Waals surface area (Å²) in [5.74, 6) is -1.93. The summed E-state index contributed by atoms with van der Waals surface area (Å²) in [6.07, 6.45) is 11.0. The molecule has 2 aliphatic heterocycles. The molecule has 5 aliphatic rings. The summed E-state index contributed by atoms with van der Waals surface area (Å²) in [5, 5.41) is 5.09. The van der Waals surface area contributed by atoms with Crippen molar-refractivity contribution in [3.8, 4) is 5.88 Å². The first-order valence-corrected chi connectivity index (χ1v) is 20.4. The molecule has 2 aromatic rings. The maximum atomic E-state index is 14.5. The maximum Gasteiger partial charge on any atom is 0.408 e. The number of nitrogens with one attached hydrogen (secondary N) is 3. The summed E-state index contributed by atoms with van der Waals surface area (Å²) < 4.78 is 39.9. The van der Waals surface area contributed by atoms with Gasteiger partial charge in [0.1, 0.15) is 35.5 Å². The number of benzene rings is 1. The van der Waals surface area contributed by atoms with Gasteiger partial charge in [-0.1, -0.05) is 44.1 Å². The van der Waals surface area contributed by atoms with Crippen LogP contribution in [-0.4, -0.2) is 88.7 Å². The number of ether oxygens (including phenoxy) is 2. The molecule has 1 saturated heterocycles. The molecule has 1 aromatic heterocycles. The van der Waals surface area contributed by atoms with E-state index in [1.54, 1.807) is 0 Å². The van der Waals surface area contributed by atoms with Crippen molar-refractivity contribution in [2.24, 2.45) is 5.92 Å². The number of aryl methyl sites for hydroxylation is 1. The van der Waals surface area contributed by atoms with Crippen molar-refractivity contribution in [2.75, 3.05) is 6.54 Å². The van der Waals surface area contributed by atoms with E-state index in [1.807, 2.05) is 43.3 Å². The molecule has 15 heteroatoms. The van der Waals surface area contributed by atoms with Gasteiger partial charge in [-0.15, -0.1) is 0 Å². The van der Waals surface area contributed by atoms with Gasteiger partial charge in [-0.2, -0.15) is 0 Å². The summed E-state index contributed by atoms with van der Waals surface area (Å²) in [6, 6.07) is 5.41. The Bertz CT molecular complexity index is 1840. The van der Waals surface area contributed by atoms with E-state index in [2.05, 4.69) is 15.4 Å². The molecule has 0 spiro atoms. The van der Waals surface area contributed by atoms with Crippen LogP contribution in [0.3, 0.4) is 0 Å². The predicted octanol–water partition coefficient (Wildman–Crippen LogP) is 3.58. The van der Waals surface area contributed by atoms with E-state index in [1.165, 1.54) is 4.90 Å². The van der Waals surface area contributed by atoms with Crippen LogP contribution in [0.4, 0.5) is 4.79 Å². The molecule has 7 rings (SSSR count). The average molecular weight is 737 g/mol. The van der Waals surface area contributed by atoms with E-state index in [0.29, 0.717) is 55.6 Å². The molecule has 3 saturated carbocycles. The molecule has 0 radical (unpaired) electrons. The monoisotopic (exact) mass is 736 g/mol. The van der Waals surface area contributed by atoms with E-state index in [0.717, 1.165) is 44.0 Å². The van der Waals surface area contributed by atoms with Crippen molar-refractivity contribution in [1.82, 2.24) is 30.2 Å². The number of para-hydroxylation sites is 2. The lowest BCUT2D eigenvalue weighted by Gasteiger charge is -2.30. The Morgan fingerprint density at radius 2 is 1.71 bits per heavy atom. The minimum atomic E-state index is -3.87. The summed E-state index contributed by atoms with van der Waals surface area (Å²) in [6.45, 7) is 1.96. The number of fused-ring (bicyclic) bond motifs is 3. The largest absolute Gasteiger partial charge is 0.471 e. The summed E-state index contributed by atoms with van der Waals surface area (Å²) >= 11 is 0. The third-order valence-electron chi connectivity index (χ3n) is 10.9. The van der Waals surface area contributed by atoms with Crippen molar-refractivity contribution in [3.05, 3.63) is 42.1 Å². The molecule has 14 nitrogen and oxygen atoms in total. The van der Waals surface area contributed by atoms with Crippen LogP contribution in [0.5, 0.6) is 5.88 Å². The normalized spacial score (nSPS) is 29.2. The number of nitrogens with zero attached hydrogens (tertiary/aromatic N) is 3. The van der Waals surface area contributed by atoms with E-state index >= 15 is 0 Å². The number of aromatic nitrogens is 2. The number of carbonyl (C=O) groups is 4. The number of sulfonamides is 1. The predicted molar refractivity (Wildman–Crippen MR) is 190 cm³/mol. The molecule has 52 heavy (non-hydrogen) atoms. The molecule has 0 unspecified atom stereocenters. The summed E-state index contributed by atoms with van der Waals surface area (Å²) in [5.41, 5.74) is 0.515. The van der Waals surface area contributed by atoms with Crippen LogP contribution in [0, 0.1) is 5.92 Å². The Hall–Kier alpha value is -4.27. The Labute approximate surface area is 303 Å². The zero-order valence-electron chi connectivity index (χ0n) is 29.6. The molecule has 1 aromatic carbocycles. The van der Waals surface area contributed by atoms with Gasteiger partial charge in [-0.05, 0) is 82.8 Å². The topological polar surface area (TPSA) is 186 Å². The van der Waals surface area contributed by atoms with E-state index in [9.17, 15) is 27.6 Å². The quantitative estimate of drug-likeness (QED) is 0.339. The van der Waals surface area contributed by atoms with Gasteiger partial charge in [-0.25, -0.2) is 23.2 Å². The number of hydrogen-bond donors (Lipinski definition) is 3. The fourth-order valence-electron chi connectivity index (χ4n) is 7.68. The molecule has 5 atom stereocenters. The minimum Gasteiger partial charge on any atom is -0.471 e. The summed E-state index contributed by atoms with van der Waals surface area (Å²) in [7, 11) is -3.87. The highest BCUT2D eigenvalue weighted by atomic mass is 32.2. The zero-order valence-corrected chi connectivity index (χ0v) is 30.4. The fourth-order valence-corrected chi connectivity index (χ4v) is 9.05. The van der Waals surface area contributed by atoms with Gasteiger partial charge < -0.3 is 25.0 Å². The van der Waals surface area contributed by atoms with Crippen molar-refractivity contribution >= 4 is 44.9 Å². The Balaban J connectivity index is 1.17. The van der Waals surface area contributed by atoms with Crippen LogP contribution >= 0.6 is 0 Å². The van der Waals surface area contributed by atoms with E-state index in [-0.39, 0.29) is 25.5 Å². The first kappa shape index (κ1) is 36.1. The second kappa shape index (κ2) is 15.0. The van der Waals surface area contributed by atoms with Gasteiger partial charge in [-0.3, -0.25) is 19.1 Å². The SMILES string of the molecule is CCc1nc2ccccc2nc1O[C@@H]1C[C@H]2C(=O)N[C@]3(C(=O)NS(=O)(=O)C4CC4)C[C@H]3/C=C\CCCCC[C@H](NC(=O)OC3CCCC3)C(=O)N2C1. The Kier molecular flexibility index (Phi) is 10.4. The highest BCUT2D eigenvalue weighted by molar-refractivity contribution is 7.91. The van der Waals surface area contributed by atoms with E-state index < -0.39 is 68.7 Å². The van der Waals surface area contributed by atoms with Crippen molar-refractivity contribution < 1.29 is 37.1 Å². The number of carbonyl (C=O) groups excluding carboxylic acids is 4. The van der Waals surface area contributed by atoms with Crippen LogP contribution in [0.15, 0.2) is 36.4 Å². The van der Waals surface area contributed by atoms with Crippen molar-refractivity contribution in [3.63, 3.8) is 0 Å². The number of amides is 4. The van der Waals surface area contributed by atoms with Gasteiger partial charge in [0.05, 0.1) is 22.8 Å². The maximum absolute atomic E-state index is 14.5. The molecule has 280 valence electrons. The highest BCUT2D eigenvalue weighted by Crippen LogP contribution is 2.46. The van der Waals surface area contributed by atoms with Crippen LogP contribution in [0.1, 0.15) is 96.1 Å². The number of rotatable bonds is 8. The third-order valence-corrected chi connectivity index (χ3v) is 12.7. The number of allylic oxidation sites excluding steroid dienone is 1. The van der Waals surface area contributed by atoms with Gasteiger partial charge in [0.25, 0.3) is 5.91 Å². The molecule has 3 N–H and O–H groups in total. The van der Waals surface area contributed by atoms with Crippen molar-refractivity contribution in [2.45, 2.75) is 132 Å². The molecule has 4 fully saturated rings. The van der Waals surface area contributed by atoms with Crippen LogP contribution < -0.4 is 20.1 Å². The molecular weight excluding hydrogens is 689 g/mol. The average Bonchev–Trinajstić information content (AvgIpc) is 4.00. The highest BCUT2D eigenvalue weighted by Gasteiger charge is 2.62. The lowest BCUT2D eigenvalue weighted by atomic mass is 10.0. The standard InChI is InChI=1S/C37H48N6O8S/c1-2-27-33(39-29-16-11-10-15-28(29)38-27)50-25-20-31-32(44)41-37(35(46)42-52(48,49)26-18-19-26)21-23(37)12-6-4-3-5-7-17-30(34(45)43(31)22-25)40-36(47)51-24-13-8-9-14-24/h6,10-12,15-16,23-26,30-31H,2-5,7-9,13-14,17-22H2,1H3,(H,40,47)(H,41,44)(H,42,46)/b12-6-/t23-,25-,30+,31+,37-/m1/s1.